The number of nitrogens with one attached hydrogen (secondary N) is 1. The number of hydrogen-bond donors (Lipinski definition) is 1. The zero-order valence-electron chi connectivity index (χ0n) is 11.4. The van der Waals surface area contributed by atoms with Gasteiger partial charge >= 0.3 is 5.69 Å². The van der Waals surface area contributed by atoms with Gasteiger partial charge in [-0.15, -0.1) is 0 Å². The van der Waals surface area contributed by atoms with Crippen molar-refractivity contribution in [3.8, 4) is 0 Å². The zero-order valence-corrected chi connectivity index (χ0v) is 11.4. The highest BCUT2D eigenvalue weighted by molar-refractivity contribution is 5.06. The molecule has 1 heterocycles. The number of aromatic nitrogens is 2. The molecule has 0 aliphatic carbocycles. The summed E-state index contributed by atoms with van der Waals surface area (Å²) in [6.07, 6.45) is 0. The maximum absolute atomic E-state index is 11.8. The first-order valence-electron chi connectivity index (χ1n) is 6.18. The molecule has 1 N–H and O–H groups in total. The van der Waals surface area contributed by atoms with Gasteiger partial charge in [-0.1, -0.05) is 20.8 Å². The second-order valence-electron chi connectivity index (χ2n) is 5.10. The predicted octanol–water partition coefficient (Wildman–Crippen LogP) is 1.49. The molecule has 1 atom stereocenters. The summed E-state index contributed by atoms with van der Waals surface area (Å²) < 4.78 is 1.75. The van der Waals surface area contributed by atoms with Gasteiger partial charge in [0.1, 0.15) is 0 Å². The van der Waals surface area contributed by atoms with Crippen LogP contribution in [-0.2, 0) is 6.54 Å². The number of aryl methyl sites for hydroxylation is 2. The van der Waals surface area contributed by atoms with Crippen LogP contribution >= 0.6 is 0 Å². The van der Waals surface area contributed by atoms with E-state index in [0.717, 1.165) is 24.5 Å². The number of hydrogen-bond acceptors (Lipinski definition) is 3. The Bertz CT molecular complexity index is 423. The highest BCUT2D eigenvalue weighted by Gasteiger charge is 2.08. The summed E-state index contributed by atoms with van der Waals surface area (Å²) in [5, 5.41) is 3.38. The van der Waals surface area contributed by atoms with Crippen LogP contribution in [0.2, 0.25) is 0 Å². The van der Waals surface area contributed by atoms with E-state index in [4.69, 9.17) is 0 Å². The van der Waals surface area contributed by atoms with Gasteiger partial charge in [0.05, 0.1) is 0 Å². The van der Waals surface area contributed by atoms with Crippen molar-refractivity contribution in [2.75, 3.05) is 6.54 Å². The van der Waals surface area contributed by atoms with Crippen LogP contribution in [-0.4, -0.2) is 22.1 Å². The molecule has 0 aliphatic heterocycles. The van der Waals surface area contributed by atoms with Gasteiger partial charge in [-0.3, -0.25) is 4.57 Å². The van der Waals surface area contributed by atoms with Gasteiger partial charge in [-0.25, -0.2) is 4.79 Å². The Kier molecular flexibility index (Phi) is 4.87. The Morgan fingerprint density at radius 1 is 1.35 bits per heavy atom. The third-order valence-corrected chi connectivity index (χ3v) is 2.72. The van der Waals surface area contributed by atoms with Gasteiger partial charge in [0.15, 0.2) is 0 Å². The van der Waals surface area contributed by atoms with Crippen LogP contribution < -0.4 is 11.0 Å². The Balaban J connectivity index is 2.72. The molecule has 0 aromatic carbocycles. The molecule has 1 unspecified atom stereocenters. The van der Waals surface area contributed by atoms with Crippen molar-refractivity contribution < 1.29 is 0 Å². The summed E-state index contributed by atoms with van der Waals surface area (Å²) in [5.41, 5.74) is 1.63. The van der Waals surface area contributed by atoms with E-state index in [1.165, 1.54) is 0 Å². The van der Waals surface area contributed by atoms with Crippen LogP contribution in [0.25, 0.3) is 0 Å². The molecule has 0 saturated heterocycles. The van der Waals surface area contributed by atoms with E-state index in [2.05, 4.69) is 31.1 Å². The lowest BCUT2D eigenvalue weighted by Crippen LogP contribution is -2.33. The third kappa shape index (κ3) is 4.30. The molecule has 4 heteroatoms. The molecule has 0 fully saturated rings. The van der Waals surface area contributed by atoms with Crippen molar-refractivity contribution in [3.63, 3.8) is 0 Å². The van der Waals surface area contributed by atoms with Crippen LogP contribution in [0, 0.1) is 19.8 Å². The van der Waals surface area contributed by atoms with Crippen molar-refractivity contribution in [2.45, 2.75) is 47.2 Å². The molecule has 17 heavy (non-hydrogen) atoms. The van der Waals surface area contributed by atoms with E-state index in [0.29, 0.717) is 12.0 Å². The lowest BCUT2D eigenvalue weighted by atomic mass is 10.1. The van der Waals surface area contributed by atoms with Crippen molar-refractivity contribution in [1.29, 1.82) is 0 Å². The van der Waals surface area contributed by atoms with Gasteiger partial charge in [-0.2, -0.15) is 4.98 Å². The van der Waals surface area contributed by atoms with Crippen LogP contribution in [0.15, 0.2) is 10.9 Å². The van der Waals surface area contributed by atoms with Crippen LogP contribution in [0.1, 0.15) is 32.2 Å². The van der Waals surface area contributed by atoms with E-state index >= 15 is 0 Å². The number of rotatable bonds is 5. The standard InChI is InChI=1S/C13H23N3O/c1-9(2)14-7-10(3)8-16-12(5)6-11(4)15-13(16)17/h6,9-10,14H,7-8H2,1-5H3. The minimum Gasteiger partial charge on any atom is -0.314 e. The largest absolute Gasteiger partial charge is 0.347 e. The molecule has 96 valence electrons. The van der Waals surface area contributed by atoms with Crippen molar-refractivity contribution >= 4 is 0 Å². The van der Waals surface area contributed by atoms with E-state index < -0.39 is 0 Å². The lowest BCUT2D eigenvalue weighted by molar-refractivity contribution is 0.412. The quantitative estimate of drug-likeness (QED) is 0.844. The van der Waals surface area contributed by atoms with Gasteiger partial charge in [0.25, 0.3) is 0 Å². The lowest BCUT2D eigenvalue weighted by Gasteiger charge is -2.17. The molecule has 4 nitrogen and oxygen atoms in total. The summed E-state index contributed by atoms with van der Waals surface area (Å²) in [5.74, 6) is 0.415. The van der Waals surface area contributed by atoms with Crippen molar-refractivity contribution in [1.82, 2.24) is 14.9 Å². The topological polar surface area (TPSA) is 46.9 Å². The van der Waals surface area contributed by atoms with E-state index in [9.17, 15) is 4.79 Å². The monoisotopic (exact) mass is 237 g/mol. The van der Waals surface area contributed by atoms with Crippen LogP contribution in [0.5, 0.6) is 0 Å². The Labute approximate surface area is 103 Å². The fourth-order valence-electron chi connectivity index (χ4n) is 1.81. The molecule has 0 amide bonds. The average molecular weight is 237 g/mol. The average Bonchev–Trinajstić information content (AvgIpc) is 2.20. The first-order valence-corrected chi connectivity index (χ1v) is 6.18. The third-order valence-electron chi connectivity index (χ3n) is 2.72. The molecular weight excluding hydrogens is 214 g/mol. The molecule has 0 aliphatic rings. The van der Waals surface area contributed by atoms with Gasteiger partial charge < -0.3 is 5.32 Å². The molecular formula is C13H23N3O. The highest BCUT2D eigenvalue weighted by atomic mass is 16.1. The maximum Gasteiger partial charge on any atom is 0.347 e. The van der Waals surface area contributed by atoms with Gasteiger partial charge in [0, 0.05) is 24.0 Å². The van der Waals surface area contributed by atoms with E-state index in [1.54, 1.807) is 4.57 Å². The molecule has 1 rings (SSSR count). The number of nitrogens with zero attached hydrogens (tertiary/aromatic N) is 2. The fraction of sp³-hybridized carbons (Fsp3) is 0.692. The second kappa shape index (κ2) is 5.96. The second-order valence-corrected chi connectivity index (χ2v) is 5.10. The smallest absolute Gasteiger partial charge is 0.314 e. The molecule has 1 aromatic rings. The highest BCUT2D eigenvalue weighted by Crippen LogP contribution is 2.02. The van der Waals surface area contributed by atoms with E-state index in [1.807, 2.05) is 19.9 Å². The minimum absolute atomic E-state index is 0.140. The van der Waals surface area contributed by atoms with Gasteiger partial charge in [-0.05, 0) is 32.4 Å². The molecule has 0 saturated carbocycles. The Morgan fingerprint density at radius 3 is 2.53 bits per heavy atom. The SMILES string of the molecule is Cc1cc(C)n(CC(C)CNC(C)C)c(=O)n1. The normalized spacial score (nSPS) is 13.1. The summed E-state index contributed by atoms with van der Waals surface area (Å²) in [7, 11) is 0. The fourth-order valence-corrected chi connectivity index (χ4v) is 1.81. The predicted molar refractivity (Wildman–Crippen MR) is 70.3 cm³/mol. The van der Waals surface area contributed by atoms with Crippen molar-refractivity contribution in [3.05, 3.63) is 27.9 Å². The zero-order chi connectivity index (χ0) is 13.0. The summed E-state index contributed by atoms with van der Waals surface area (Å²) in [6, 6.07) is 2.43. The molecule has 0 radical (unpaired) electrons. The van der Waals surface area contributed by atoms with Gasteiger partial charge in [0.2, 0.25) is 0 Å². The Morgan fingerprint density at radius 2 is 2.00 bits per heavy atom. The molecule has 1 aromatic heterocycles. The van der Waals surface area contributed by atoms with E-state index in [-0.39, 0.29) is 5.69 Å². The Hall–Kier alpha value is -1.16. The minimum atomic E-state index is -0.140. The maximum atomic E-state index is 11.8. The first-order chi connectivity index (χ1) is 7.90. The van der Waals surface area contributed by atoms with Crippen LogP contribution in [0.4, 0.5) is 0 Å². The first kappa shape index (κ1) is 13.9. The molecule has 0 bridgehead atoms. The van der Waals surface area contributed by atoms with Crippen molar-refractivity contribution in [2.24, 2.45) is 5.92 Å². The summed E-state index contributed by atoms with van der Waals surface area (Å²) >= 11 is 0. The molecule has 0 spiro atoms. The summed E-state index contributed by atoms with van der Waals surface area (Å²) in [6.45, 7) is 11.8. The van der Waals surface area contributed by atoms with Crippen LogP contribution in [0.3, 0.4) is 0 Å². The summed E-state index contributed by atoms with van der Waals surface area (Å²) in [4.78, 5) is 15.7.